The molecular weight excluding hydrogens is 312 g/mol. The van der Waals surface area contributed by atoms with Gasteiger partial charge in [0.15, 0.2) is 11.7 Å². The molecular formula is C21H24N2O2. The molecule has 1 aromatic carbocycles. The van der Waals surface area contributed by atoms with Crippen molar-refractivity contribution in [1.82, 2.24) is 9.97 Å². The smallest absolute Gasteiger partial charge is 0.194 e. The van der Waals surface area contributed by atoms with Crippen molar-refractivity contribution in [2.24, 2.45) is 0 Å². The summed E-state index contributed by atoms with van der Waals surface area (Å²) in [7, 11) is 0. The van der Waals surface area contributed by atoms with Gasteiger partial charge in [-0.1, -0.05) is 38.0 Å². The molecule has 0 unspecified atom stereocenters. The van der Waals surface area contributed by atoms with E-state index in [1.165, 1.54) is 0 Å². The summed E-state index contributed by atoms with van der Waals surface area (Å²) in [5.41, 5.74) is 1.92. The van der Waals surface area contributed by atoms with Crippen molar-refractivity contribution in [2.45, 2.75) is 51.9 Å². The first-order valence-corrected chi connectivity index (χ1v) is 9.08. The number of carbonyl (C=O) groups excluding carboxylic acids is 1. The molecule has 25 heavy (non-hydrogen) atoms. The van der Waals surface area contributed by atoms with Gasteiger partial charge in [-0.15, -0.1) is 0 Å². The van der Waals surface area contributed by atoms with E-state index >= 15 is 0 Å². The van der Waals surface area contributed by atoms with Gasteiger partial charge in [0.05, 0.1) is 11.7 Å². The molecule has 4 nitrogen and oxygen atoms in total. The van der Waals surface area contributed by atoms with E-state index in [4.69, 9.17) is 4.42 Å². The molecule has 3 aromatic rings. The minimum Gasteiger partial charge on any atom is -0.441 e. The number of carbonyl (C=O) groups is 1. The minimum absolute atomic E-state index is 0.362. The second-order valence-corrected chi connectivity index (χ2v) is 6.31. The van der Waals surface area contributed by atoms with Crippen LogP contribution in [0.15, 0.2) is 47.1 Å². The van der Waals surface area contributed by atoms with E-state index in [1.54, 1.807) is 12.4 Å². The highest BCUT2D eigenvalue weighted by atomic mass is 16.4. The first-order valence-electron chi connectivity index (χ1n) is 9.08. The number of ketones is 1. The van der Waals surface area contributed by atoms with Crippen LogP contribution in [0, 0.1) is 0 Å². The summed E-state index contributed by atoms with van der Waals surface area (Å²) in [4.78, 5) is 20.1. The van der Waals surface area contributed by atoms with Gasteiger partial charge >= 0.3 is 0 Å². The molecule has 2 heterocycles. The number of benzene rings is 1. The zero-order chi connectivity index (χ0) is 17.5. The van der Waals surface area contributed by atoms with Gasteiger partial charge in [-0.3, -0.25) is 9.78 Å². The van der Waals surface area contributed by atoms with Crippen LogP contribution in [0.5, 0.6) is 0 Å². The van der Waals surface area contributed by atoms with Crippen molar-refractivity contribution in [3.05, 3.63) is 48.6 Å². The molecule has 0 fully saturated rings. The quantitative estimate of drug-likeness (QED) is 0.493. The molecule has 4 heteroatoms. The van der Waals surface area contributed by atoms with Crippen molar-refractivity contribution in [2.75, 3.05) is 0 Å². The summed E-state index contributed by atoms with van der Waals surface area (Å²) in [6.07, 6.45) is 10.0. The van der Waals surface area contributed by atoms with Gasteiger partial charge in [-0.05, 0) is 25.0 Å². The first kappa shape index (κ1) is 17.3. The maximum absolute atomic E-state index is 11.3. The van der Waals surface area contributed by atoms with Gasteiger partial charge in [0, 0.05) is 36.4 Å². The van der Waals surface area contributed by atoms with E-state index in [-0.39, 0.29) is 0 Å². The lowest BCUT2D eigenvalue weighted by Crippen LogP contribution is -1.94. The Morgan fingerprint density at radius 3 is 2.76 bits per heavy atom. The Kier molecular flexibility index (Phi) is 5.94. The van der Waals surface area contributed by atoms with Gasteiger partial charge in [-0.2, -0.15) is 0 Å². The summed E-state index contributed by atoms with van der Waals surface area (Å²) in [6.45, 7) is 1.92. The zero-order valence-corrected chi connectivity index (χ0v) is 14.7. The van der Waals surface area contributed by atoms with Gasteiger partial charge < -0.3 is 4.42 Å². The lowest BCUT2D eigenvalue weighted by atomic mass is 10.1. The largest absolute Gasteiger partial charge is 0.441 e. The molecule has 0 saturated heterocycles. The summed E-state index contributed by atoms with van der Waals surface area (Å²) in [5, 5.41) is 1.10. The molecule has 0 spiro atoms. The Balaban J connectivity index is 1.55. The van der Waals surface area contributed by atoms with Crippen molar-refractivity contribution in [3.8, 4) is 11.3 Å². The van der Waals surface area contributed by atoms with Crippen molar-refractivity contribution in [1.29, 1.82) is 0 Å². The van der Waals surface area contributed by atoms with Crippen LogP contribution in [0.3, 0.4) is 0 Å². The second kappa shape index (κ2) is 8.56. The fourth-order valence-electron chi connectivity index (χ4n) is 2.98. The van der Waals surface area contributed by atoms with Crippen LogP contribution in [0.2, 0.25) is 0 Å². The predicted octanol–water partition coefficient (Wildman–Crippen LogP) is 5.36. The number of pyridine rings is 1. The van der Waals surface area contributed by atoms with E-state index in [0.717, 1.165) is 60.2 Å². The number of hydrogen-bond donors (Lipinski definition) is 0. The first-order chi connectivity index (χ1) is 12.3. The van der Waals surface area contributed by atoms with E-state index in [9.17, 15) is 4.79 Å². The van der Waals surface area contributed by atoms with Crippen molar-refractivity contribution >= 4 is 16.7 Å². The van der Waals surface area contributed by atoms with E-state index in [1.807, 2.05) is 37.3 Å². The molecule has 0 aliphatic carbocycles. The molecule has 2 aromatic heterocycles. The Morgan fingerprint density at radius 2 is 1.88 bits per heavy atom. The third-order valence-electron chi connectivity index (χ3n) is 4.44. The van der Waals surface area contributed by atoms with Crippen LogP contribution in [-0.2, 0) is 11.2 Å². The van der Waals surface area contributed by atoms with Gasteiger partial charge in [-0.25, -0.2) is 4.98 Å². The summed E-state index contributed by atoms with van der Waals surface area (Å²) < 4.78 is 5.93. The topological polar surface area (TPSA) is 56.0 Å². The minimum atomic E-state index is 0.362. The number of hydrogen-bond acceptors (Lipinski definition) is 4. The van der Waals surface area contributed by atoms with Crippen molar-refractivity contribution < 1.29 is 9.21 Å². The molecule has 3 rings (SSSR count). The Morgan fingerprint density at radius 1 is 1.04 bits per heavy atom. The second-order valence-electron chi connectivity index (χ2n) is 6.31. The van der Waals surface area contributed by atoms with E-state index < -0.39 is 0 Å². The number of aromatic nitrogens is 2. The highest BCUT2D eigenvalue weighted by molar-refractivity contribution is 5.91. The molecule has 0 aliphatic heterocycles. The Hall–Kier alpha value is -2.49. The number of aryl methyl sites for hydroxylation is 1. The number of Topliss-reactive ketones (excluding diaryl/α,β-unsaturated/α-hetero) is 1. The molecule has 130 valence electrons. The molecule has 0 N–H and O–H groups in total. The lowest BCUT2D eigenvalue weighted by Gasteiger charge is -2.02. The van der Waals surface area contributed by atoms with Gasteiger partial charge in [0.25, 0.3) is 0 Å². The predicted molar refractivity (Wildman–Crippen MR) is 99.3 cm³/mol. The molecule has 0 amide bonds. The lowest BCUT2D eigenvalue weighted by molar-refractivity contribution is -0.118. The maximum Gasteiger partial charge on any atom is 0.194 e. The van der Waals surface area contributed by atoms with Crippen molar-refractivity contribution in [3.63, 3.8) is 0 Å². The average Bonchev–Trinajstić information content (AvgIpc) is 3.12. The Bertz CT molecular complexity index is 833. The third kappa shape index (κ3) is 4.53. The highest BCUT2D eigenvalue weighted by Crippen LogP contribution is 2.27. The third-order valence-corrected chi connectivity index (χ3v) is 4.44. The summed E-state index contributed by atoms with van der Waals surface area (Å²) in [6, 6.07) is 10.1. The van der Waals surface area contributed by atoms with Crippen LogP contribution in [0.1, 0.15) is 51.3 Å². The van der Waals surface area contributed by atoms with Crippen LogP contribution in [0.25, 0.3) is 22.2 Å². The van der Waals surface area contributed by atoms with Crippen LogP contribution in [0.4, 0.5) is 0 Å². The number of fused-ring (bicyclic) bond motifs is 1. The fourth-order valence-corrected chi connectivity index (χ4v) is 2.98. The number of para-hydroxylation sites is 1. The van der Waals surface area contributed by atoms with Crippen LogP contribution < -0.4 is 0 Å². The Labute approximate surface area is 148 Å². The molecule has 0 atom stereocenters. The van der Waals surface area contributed by atoms with E-state index in [2.05, 4.69) is 9.97 Å². The molecule has 0 bridgehead atoms. The molecule has 0 saturated carbocycles. The maximum atomic E-state index is 11.3. The van der Waals surface area contributed by atoms with E-state index in [0.29, 0.717) is 18.6 Å². The van der Waals surface area contributed by atoms with Gasteiger partial charge in [0.2, 0.25) is 0 Å². The molecule has 0 radical (unpaired) electrons. The van der Waals surface area contributed by atoms with Crippen LogP contribution >= 0.6 is 0 Å². The number of oxazole rings is 1. The monoisotopic (exact) mass is 336 g/mol. The zero-order valence-electron chi connectivity index (χ0n) is 14.7. The SMILES string of the molecule is CCC(=O)CCCCCCc1ncc(-c2cccc3cccnc23)o1. The normalized spacial score (nSPS) is 11.1. The summed E-state index contributed by atoms with van der Waals surface area (Å²) >= 11 is 0. The highest BCUT2D eigenvalue weighted by Gasteiger charge is 2.10. The summed E-state index contributed by atoms with van der Waals surface area (Å²) in [5.74, 6) is 1.90. The molecule has 0 aliphatic rings. The standard InChI is InChI=1S/C21H24N2O2/c1-2-17(24)11-5-3-4-6-13-20-23-15-19(25-20)18-12-7-9-16-10-8-14-22-21(16)18/h7-10,12,14-15H,2-6,11,13H2,1H3. The fraction of sp³-hybridized carbons (Fsp3) is 0.381. The average molecular weight is 336 g/mol. The number of unbranched alkanes of at least 4 members (excludes halogenated alkanes) is 3. The van der Waals surface area contributed by atoms with Crippen LogP contribution in [-0.4, -0.2) is 15.8 Å². The number of nitrogens with zero attached hydrogens (tertiary/aromatic N) is 2. The number of rotatable bonds is 9. The van der Waals surface area contributed by atoms with Gasteiger partial charge in [0.1, 0.15) is 5.78 Å².